The summed E-state index contributed by atoms with van der Waals surface area (Å²) in [6, 6.07) is 23.8. The van der Waals surface area contributed by atoms with E-state index < -0.39 is 6.04 Å². The minimum Gasteiger partial charge on any atom is -0.356 e. The highest BCUT2D eigenvalue weighted by molar-refractivity contribution is 5.90. The highest BCUT2D eigenvalue weighted by Crippen LogP contribution is 2.31. The normalized spacial score (nSPS) is 12.1. The number of nitrogens with one attached hydrogen (secondary N) is 1. The van der Waals surface area contributed by atoms with Gasteiger partial charge in [-0.15, -0.1) is 0 Å². The van der Waals surface area contributed by atoms with E-state index in [0.29, 0.717) is 23.0 Å². The Balaban J connectivity index is 1.68. The third kappa shape index (κ3) is 3.64. The molecule has 1 N–H and O–H groups in total. The SMILES string of the molecule is Cn1ccnc1C(Nc1nc(-c2ccccc2)nc2ccccc12)c1ccccc1F. The number of anilines is 1. The van der Waals surface area contributed by atoms with Crippen LogP contribution in [0.4, 0.5) is 10.2 Å². The van der Waals surface area contributed by atoms with Gasteiger partial charge in [0.2, 0.25) is 0 Å². The maximum Gasteiger partial charge on any atom is 0.162 e. The zero-order valence-electron chi connectivity index (χ0n) is 16.9. The Morgan fingerprint density at radius 2 is 1.61 bits per heavy atom. The van der Waals surface area contributed by atoms with Crippen molar-refractivity contribution in [3.8, 4) is 11.4 Å². The monoisotopic (exact) mass is 409 g/mol. The van der Waals surface area contributed by atoms with E-state index in [4.69, 9.17) is 9.97 Å². The topological polar surface area (TPSA) is 55.6 Å². The number of hydrogen-bond acceptors (Lipinski definition) is 4. The Morgan fingerprint density at radius 1 is 0.871 bits per heavy atom. The van der Waals surface area contributed by atoms with Gasteiger partial charge in [0.1, 0.15) is 23.5 Å². The van der Waals surface area contributed by atoms with E-state index in [2.05, 4.69) is 10.3 Å². The molecule has 3 aromatic carbocycles. The second-order valence-electron chi connectivity index (χ2n) is 7.27. The van der Waals surface area contributed by atoms with Crippen LogP contribution in [-0.4, -0.2) is 19.5 Å². The summed E-state index contributed by atoms with van der Waals surface area (Å²) in [4.78, 5) is 14.0. The van der Waals surface area contributed by atoms with Crippen molar-refractivity contribution in [2.75, 3.05) is 5.32 Å². The summed E-state index contributed by atoms with van der Waals surface area (Å²) in [5.41, 5.74) is 2.22. The number of aromatic nitrogens is 4. The summed E-state index contributed by atoms with van der Waals surface area (Å²) in [5.74, 6) is 1.62. The van der Waals surface area contributed by atoms with E-state index in [1.165, 1.54) is 6.07 Å². The summed E-state index contributed by atoms with van der Waals surface area (Å²) in [5, 5.41) is 4.32. The molecule has 0 bridgehead atoms. The Bertz CT molecular complexity index is 1350. The molecule has 1 atom stereocenters. The first-order chi connectivity index (χ1) is 15.2. The van der Waals surface area contributed by atoms with Crippen molar-refractivity contribution in [3.05, 3.63) is 108 Å². The zero-order valence-corrected chi connectivity index (χ0v) is 16.9. The molecule has 6 heteroatoms. The van der Waals surface area contributed by atoms with Gasteiger partial charge in [-0.25, -0.2) is 19.3 Å². The maximum absolute atomic E-state index is 14.8. The zero-order chi connectivity index (χ0) is 21.2. The molecular formula is C25H20FN5. The smallest absolute Gasteiger partial charge is 0.162 e. The summed E-state index contributed by atoms with van der Waals surface area (Å²) in [6.45, 7) is 0. The molecule has 31 heavy (non-hydrogen) atoms. The molecule has 0 spiro atoms. The molecule has 5 aromatic rings. The van der Waals surface area contributed by atoms with Crippen LogP contribution >= 0.6 is 0 Å². The lowest BCUT2D eigenvalue weighted by Crippen LogP contribution is -2.19. The molecule has 5 rings (SSSR count). The number of imidazole rings is 1. The predicted octanol–water partition coefficient (Wildman–Crippen LogP) is 5.37. The molecule has 0 radical (unpaired) electrons. The number of nitrogens with zero attached hydrogens (tertiary/aromatic N) is 4. The molecule has 152 valence electrons. The van der Waals surface area contributed by atoms with Crippen molar-refractivity contribution >= 4 is 16.7 Å². The number of halogens is 1. The lowest BCUT2D eigenvalue weighted by Gasteiger charge is -2.21. The second-order valence-corrected chi connectivity index (χ2v) is 7.27. The molecule has 0 saturated heterocycles. The van der Waals surface area contributed by atoms with Crippen molar-refractivity contribution in [3.63, 3.8) is 0 Å². The standard InChI is InChI=1S/C25H20FN5/c1-31-16-15-27-25(31)22(18-11-5-7-13-20(18)26)29-24-19-12-6-8-14-21(19)28-23(30-24)17-9-3-2-4-10-17/h2-16,22H,1H3,(H,28,29,30). The molecule has 0 saturated carbocycles. The Kier molecular flexibility index (Phi) is 4.88. The molecule has 5 nitrogen and oxygen atoms in total. The lowest BCUT2D eigenvalue weighted by molar-refractivity contribution is 0.596. The van der Waals surface area contributed by atoms with E-state index >= 15 is 0 Å². The highest BCUT2D eigenvalue weighted by atomic mass is 19.1. The van der Waals surface area contributed by atoms with Crippen molar-refractivity contribution in [1.82, 2.24) is 19.5 Å². The molecule has 1 unspecified atom stereocenters. The van der Waals surface area contributed by atoms with E-state index in [9.17, 15) is 4.39 Å². The van der Waals surface area contributed by atoms with Crippen molar-refractivity contribution in [1.29, 1.82) is 0 Å². The van der Waals surface area contributed by atoms with Gasteiger partial charge in [0.15, 0.2) is 5.82 Å². The largest absolute Gasteiger partial charge is 0.356 e. The summed E-state index contributed by atoms with van der Waals surface area (Å²) >= 11 is 0. The predicted molar refractivity (Wildman–Crippen MR) is 120 cm³/mol. The van der Waals surface area contributed by atoms with Crippen LogP contribution in [0, 0.1) is 5.82 Å². The molecule has 2 heterocycles. The van der Waals surface area contributed by atoms with E-state index in [1.807, 2.05) is 78.5 Å². The van der Waals surface area contributed by atoms with Crippen LogP contribution in [-0.2, 0) is 7.05 Å². The molecule has 0 aliphatic rings. The fourth-order valence-corrected chi connectivity index (χ4v) is 3.69. The number of fused-ring (bicyclic) bond motifs is 1. The molecular weight excluding hydrogens is 389 g/mol. The van der Waals surface area contributed by atoms with Crippen LogP contribution in [0.5, 0.6) is 0 Å². The molecule has 0 aliphatic carbocycles. The summed E-state index contributed by atoms with van der Waals surface area (Å²) < 4.78 is 16.7. The first kappa shape index (κ1) is 18.9. The molecule has 0 fully saturated rings. The van der Waals surface area contributed by atoms with Gasteiger partial charge in [0.25, 0.3) is 0 Å². The highest BCUT2D eigenvalue weighted by Gasteiger charge is 2.23. The Labute approximate surface area is 179 Å². The number of benzene rings is 3. The van der Waals surface area contributed by atoms with Crippen LogP contribution in [0.3, 0.4) is 0 Å². The van der Waals surface area contributed by atoms with E-state index in [1.54, 1.807) is 18.3 Å². The first-order valence-electron chi connectivity index (χ1n) is 10.0. The Morgan fingerprint density at radius 3 is 2.39 bits per heavy atom. The number of hydrogen-bond donors (Lipinski definition) is 1. The van der Waals surface area contributed by atoms with Crippen LogP contribution < -0.4 is 5.32 Å². The van der Waals surface area contributed by atoms with Crippen LogP contribution in [0.2, 0.25) is 0 Å². The molecule has 0 aliphatic heterocycles. The fourth-order valence-electron chi connectivity index (χ4n) is 3.69. The van der Waals surface area contributed by atoms with Gasteiger partial charge in [0, 0.05) is 36.0 Å². The summed E-state index contributed by atoms with van der Waals surface area (Å²) in [6.07, 6.45) is 3.55. The number of para-hydroxylation sites is 1. The average Bonchev–Trinajstić information content (AvgIpc) is 3.24. The first-order valence-corrected chi connectivity index (χ1v) is 10.0. The van der Waals surface area contributed by atoms with Gasteiger partial charge < -0.3 is 9.88 Å². The molecule has 0 amide bonds. The number of aryl methyl sites for hydroxylation is 1. The van der Waals surface area contributed by atoms with Gasteiger partial charge in [0.05, 0.1) is 5.52 Å². The van der Waals surface area contributed by atoms with Gasteiger partial charge in [-0.3, -0.25) is 0 Å². The van der Waals surface area contributed by atoms with Crippen LogP contribution in [0.15, 0.2) is 91.3 Å². The van der Waals surface area contributed by atoms with E-state index in [-0.39, 0.29) is 5.82 Å². The lowest BCUT2D eigenvalue weighted by atomic mass is 10.0. The van der Waals surface area contributed by atoms with Gasteiger partial charge in [-0.2, -0.15) is 0 Å². The van der Waals surface area contributed by atoms with E-state index in [0.717, 1.165) is 16.5 Å². The molecule has 2 aromatic heterocycles. The third-order valence-electron chi connectivity index (χ3n) is 5.25. The summed E-state index contributed by atoms with van der Waals surface area (Å²) in [7, 11) is 1.89. The van der Waals surface area contributed by atoms with Gasteiger partial charge >= 0.3 is 0 Å². The van der Waals surface area contributed by atoms with Gasteiger partial charge in [-0.1, -0.05) is 60.7 Å². The maximum atomic E-state index is 14.8. The van der Waals surface area contributed by atoms with Crippen LogP contribution in [0.1, 0.15) is 17.4 Å². The third-order valence-corrected chi connectivity index (χ3v) is 5.25. The van der Waals surface area contributed by atoms with Crippen LogP contribution in [0.25, 0.3) is 22.3 Å². The number of rotatable bonds is 5. The van der Waals surface area contributed by atoms with Crippen molar-refractivity contribution in [2.24, 2.45) is 7.05 Å². The van der Waals surface area contributed by atoms with Crippen molar-refractivity contribution < 1.29 is 4.39 Å². The van der Waals surface area contributed by atoms with Gasteiger partial charge in [-0.05, 0) is 18.2 Å². The Hall–Kier alpha value is -4.06. The quantitative estimate of drug-likeness (QED) is 0.424. The second kappa shape index (κ2) is 7.99. The minimum absolute atomic E-state index is 0.301. The van der Waals surface area contributed by atoms with Crippen molar-refractivity contribution in [2.45, 2.75) is 6.04 Å². The fraction of sp³-hybridized carbons (Fsp3) is 0.0800. The minimum atomic E-state index is -0.525. The average molecular weight is 409 g/mol.